The molecule has 2 aliphatic carbocycles. The summed E-state index contributed by atoms with van der Waals surface area (Å²) in [5.41, 5.74) is -0.0747. The van der Waals surface area contributed by atoms with Gasteiger partial charge < -0.3 is 5.11 Å². The first-order chi connectivity index (χ1) is 7.82. The molecule has 2 rings (SSSR count). The van der Waals surface area contributed by atoms with E-state index in [0.29, 0.717) is 5.92 Å². The fourth-order valence-electron chi connectivity index (χ4n) is 3.28. The third-order valence-electron chi connectivity index (χ3n) is 4.11. The van der Waals surface area contributed by atoms with E-state index >= 15 is 0 Å². The number of fused-ring (bicyclic) bond motifs is 2. The molecule has 1 atom stereocenters. The minimum absolute atomic E-state index is 0.0747. The van der Waals surface area contributed by atoms with Crippen LogP contribution in [0.5, 0.6) is 0 Å². The van der Waals surface area contributed by atoms with Crippen molar-refractivity contribution in [2.45, 2.75) is 45.1 Å². The molecule has 2 aliphatic rings. The SMILES string of the molecule is CC(NS(=O)(=O)CC12CCC(CC1)C2)C(=O)O. The van der Waals surface area contributed by atoms with Gasteiger partial charge in [-0.3, -0.25) is 4.79 Å². The lowest BCUT2D eigenvalue weighted by Gasteiger charge is -2.26. The predicted molar refractivity (Wildman–Crippen MR) is 63.0 cm³/mol. The fourth-order valence-corrected chi connectivity index (χ4v) is 5.21. The van der Waals surface area contributed by atoms with Crippen LogP contribution in [-0.4, -0.2) is 31.3 Å². The maximum Gasteiger partial charge on any atom is 0.321 e. The van der Waals surface area contributed by atoms with Crippen LogP contribution in [0.25, 0.3) is 0 Å². The van der Waals surface area contributed by atoms with Crippen molar-refractivity contribution in [2.24, 2.45) is 11.3 Å². The van der Waals surface area contributed by atoms with Crippen molar-refractivity contribution in [3.8, 4) is 0 Å². The third kappa shape index (κ3) is 2.80. The van der Waals surface area contributed by atoms with Crippen molar-refractivity contribution in [1.82, 2.24) is 4.72 Å². The second kappa shape index (κ2) is 4.24. The highest BCUT2D eigenvalue weighted by atomic mass is 32.2. The standard InChI is InChI=1S/C11H19NO4S/c1-8(10(13)14)12-17(15,16)7-11-4-2-9(6-11)3-5-11/h8-9,12H,2-7H2,1H3,(H,13,14). The van der Waals surface area contributed by atoms with Gasteiger partial charge >= 0.3 is 5.97 Å². The molecular formula is C11H19NO4S. The molecular weight excluding hydrogens is 242 g/mol. The van der Waals surface area contributed by atoms with Crippen molar-refractivity contribution < 1.29 is 18.3 Å². The van der Waals surface area contributed by atoms with Gasteiger partial charge in [0.05, 0.1) is 5.75 Å². The Balaban J connectivity index is 2.00. The molecule has 98 valence electrons. The second-order valence-electron chi connectivity index (χ2n) is 5.58. The van der Waals surface area contributed by atoms with Crippen LogP contribution in [0.4, 0.5) is 0 Å². The number of carboxylic acids is 1. The molecule has 0 aromatic rings. The molecule has 2 bridgehead atoms. The summed E-state index contributed by atoms with van der Waals surface area (Å²) < 4.78 is 26.1. The van der Waals surface area contributed by atoms with Gasteiger partial charge in [0, 0.05) is 0 Å². The van der Waals surface area contributed by atoms with Gasteiger partial charge in [0.1, 0.15) is 6.04 Å². The minimum Gasteiger partial charge on any atom is -0.480 e. The maximum absolute atomic E-state index is 11.9. The van der Waals surface area contributed by atoms with Gasteiger partial charge in [-0.15, -0.1) is 0 Å². The monoisotopic (exact) mass is 261 g/mol. The summed E-state index contributed by atoms with van der Waals surface area (Å²) in [5, 5.41) is 8.71. The van der Waals surface area contributed by atoms with Gasteiger partial charge in [0.2, 0.25) is 10.0 Å². The van der Waals surface area contributed by atoms with E-state index in [4.69, 9.17) is 5.11 Å². The molecule has 0 aromatic carbocycles. The van der Waals surface area contributed by atoms with Gasteiger partial charge in [-0.25, -0.2) is 13.1 Å². The number of nitrogens with one attached hydrogen (secondary N) is 1. The highest BCUT2D eigenvalue weighted by molar-refractivity contribution is 7.89. The zero-order valence-electron chi connectivity index (χ0n) is 9.98. The summed E-state index contributed by atoms with van der Waals surface area (Å²) in [7, 11) is -3.48. The van der Waals surface area contributed by atoms with Crippen molar-refractivity contribution in [1.29, 1.82) is 0 Å². The van der Waals surface area contributed by atoms with E-state index in [0.717, 1.165) is 32.1 Å². The topological polar surface area (TPSA) is 83.5 Å². The Morgan fingerprint density at radius 1 is 1.47 bits per heavy atom. The summed E-state index contributed by atoms with van der Waals surface area (Å²) in [5.74, 6) is -0.349. The first kappa shape index (κ1) is 12.8. The molecule has 0 spiro atoms. The molecule has 0 radical (unpaired) electrons. The van der Waals surface area contributed by atoms with Crippen LogP contribution in [0, 0.1) is 11.3 Å². The molecule has 2 fully saturated rings. The van der Waals surface area contributed by atoms with Gasteiger partial charge in [-0.05, 0) is 50.4 Å². The highest BCUT2D eigenvalue weighted by Gasteiger charge is 2.47. The van der Waals surface area contributed by atoms with E-state index in [1.807, 2.05) is 0 Å². The van der Waals surface area contributed by atoms with Crippen LogP contribution < -0.4 is 4.72 Å². The third-order valence-corrected chi connectivity index (χ3v) is 5.82. The number of aliphatic carboxylic acids is 1. The summed E-state index contributed by atoms with van der Waals surface area (Å²) in [6.45, 7) is 1.35. The van der Waals surface area contributed by atoms with Crippen molar-refractivity contribution in [2.75, 3.05) is 5.75 Å². The first-order valence-electron chi connectivity index (χ1n) is 6.05. The zero-order chi connectivity index (χ0) is 12.7. The summed E-state index contributed by atoms with van der Waals surface area (Å²) in [4.78, 5) is 10.6. The summed E-state index contributed by atoms with van der Waals surface area (Å²) >= 11 is 0. The number of hydrogen-bond acceptors (Lipinski definition) is 3. The quantitative estimate of drug-likeness (QED) is 0.772. The van der Waals surface area contributed by atoms with Crippen LogP contribution in [0.1, 0.15) is 39.0 Å². The summed E-state index contributed by atoms with van der Waals surface area (Å²) in [6.07, 6.45) is 5.20. The second-order valence-corrected chi connectivity index (χ2v) is 7.34. The molecule has 17 heavy (non-hydrogen) atoms. The van der Waals surface area contributed by atoms with Crippen LogP contribution >= 0.6 is 0 Å². The number of sulfonamides is 1. The molecule has 2 saturated carbocycles. The van der Waals surface area contributed by atoms with Gasteiger partial charge in [-0.1, -0.05) is 0 Å². The molecule has 0 amide bonds. The van der Waals surface area contributed by atoms with Crippen LogP contribution in [0.3, 0.4) is 0 Å². The average molecular weight is 261 g/mol. The number of carbonyl (C=O) groups is 1. The fraction of sp³-hybridized carbons (Fsp3) is 0.909. The van der Waals surface area contributed by atoms with Crippen molar-refractivity contribution in [3.05, 3.63) is 0 Å². The summed E-state index contributed by atoms with van der Waals surface area (Å²) in [6, 6.07) is -1.05. The number of hydrogen-bond donors (Lipinski definition) is 2. The van der Waals surface area contributed by atoms with Gasteiger partial charge in [-0.2, -0.15) is 0 Å². The first-order valence-corrected chi connectivity index (χ1v) is 7.70. The van der Waals surface area contributed by atoms with E-state index in [2.05, 4.69) is 4.72 Å². The predicted octanol–water partition coefficient (Wildman–Crippen LogP) is 0.959. The molecule has 0 saturated heterocycles. The normalized spacial score (nSPS) is 33.8. The Hall–Kier alpha value is -0.620. The molecule has 6 heteroatoms. The lowest BCUT2D eigenvalue weighted by atomic mass is 9.87. The Kier molecular flexibility index (Phi) is 3.20. The number of rotatable bonds is 5. The zero-order valence-corrected chi connectivity index (χ0v) is 10.8. The Morgan fingerprint density at radius 2 is 2.06 bits per heavy atom. The highest BCUT2D eigenvalue weighted by Crippen LogP contribution is 2.54. The number of carboxylic acid groups (broad SMARTS) is 1. The van der Waals surface area contributed by atoms with Gasteiger partial charge in [0.25, 0.3) is 0 Å². The molecule has 0 aromatic heterocycles. The largest absolute Gasteiger partial charge is 0.480 e. The van der Waals surface area contributed by atoms with Gasteiger partial charge in [0.15, 0.2) is 0 Å². The van der Waals surface area contributed by atoms with Crippen LogP contribution in [0.2, 0.25) is 0 Å². The smallest absolute Gasteiger partial charge is 0.321 e. The van der Waals surface area contributed by atoms with E-state index < -0.39 is 22.0 Å². The van der Waals surface area contributed by atoms with Crippen LogP contribution in [-0.2, 0) is 14.8 Å². The molecule has 0 heterocycles. The maximum atomic E-state index is 11.9. The van der Waals surface area contributed by atoms with E-state index in [-0.39, 0.29) is 11.2 Å². The molecule has 2 N–H and O–H groups in total. The van der Waals surface area contributed by atoms with Crippen LogP contribution in [0.15, 0.2) is 0 Å². The van der Waals surface area contributed by atoms with E-state index in [9.17, 15) is 13.2 Å². The lowest BCUT2D eigenvalue weighted by molar-refractivity contribution is -0.138. The molecule has 1 unspecified atom stereocenters. The molecule has 0 aliphatic heterocycles. The van der Waals surface area contributed by atoms with Crippen molar-refractivity contribution in [3.63, 3.8) is 0 Å². The molecule has 5 nitrogen and oxygen atoms in total. The average Bonchev–Trinajstić information content (AvgIpc) is 2.74. The van der Waals surface area contributed by atoms with E-state index in [1.165, 1.54) is 6.92 Å². The minimum atomic E-state index is -3.48. The lowest BCUT2D eigenvalue weighted by Crippen LogP contribution is -2.42. The Labute approximate surface area is 102 Å². The van der Waals surface area contributed by atoms with E-state index in [1.54, 1.807) is 0 Å². The Bertz CT molecular complexity index is 409. The Morgan fingerprint density at radius 3 is 2.47 bits per heavy atom. The van der Waals surface area contributed by atoms with Crippen molar-refractivity contribution >= 4 is 16.0 Å².